The number of carboxylic acids is 1. The Balaban J connectivity index is 1.05. The zero-order chi connectivity index (χ0) is 24.9. The summed E-state index contributed by atoms with van der Waals surface area (Å²) in [5.41, 5.74) is 2.87. The van der Waals surface area contributed by atoms with Crippen LogP contribution in [0.2, 0.25) is 0 Å². The highest BCUT2D eigenvalue weighted by atomic mass is 35.5. The molecule has 5 aliphatic carbocycles. The van der Waals surface area contributed by atoms with Crippen molar-refractivity contribution in [1.82, 2.24) is 10.6 Å². The number of carbonyl (C=O) groups is 2. The van der Waals surface area contributed by atoms with E-state index in [1.54, 1.807) is 24.3 Å². The fraction of sp³-hybridized carbons (Fsp3) is 0.517. The van der Waals surface area contributed by atoms with Gasteiger partial charge in [0.2, 0.25) is 0 Å². The Labute approximate surface area is 216 Å². The van der Waals surface area contributed by atoms with Gasteiger partial charge < -0.3 is 20.5 Å². The van der Waals surface area contributed by atoms with Gasteiger partial charge in [-0.15, -0.1) is 11.6 Å². The SMILES string of the molecule is O=C(NC1CCC(Oc2ccc(C(=O)O)cc2)CC1)NC12CC3CC(Cl)(CC(C1)c1ccccc13)C2. The van der Waals surface area contributed by atoms with Gasteiger partial charge in [0.05, 0.1) is 11.7 Å². The van der Waals surface area contributed by atoms with Crippen LogP contribution in [0.5, 0.6) is 5.75 Å². The van der Waals surface area contributed by atoms with Crippen LogP contribution in [-0.4, -0.2) is 39.7 Å². The van der Waals surface area contributed by atoms with Crippen LogP contribution in [0.3, 0.4) is 0 Å². The first-order chi connectivity index (χ1) is 17.3. The fourth-order valence-electron chi connectivity index (χ4n) is 7.53. The maximum atomic E-state index is 13.2. The number of aromatic carboxylic acids is 1. The van der Waals surface area contributed by atoms with Crippen molar-refractivity contribution in [3.8, 4) is 5.75 Å². The van der Waals surface area contributed by atoms with Crippen LogP contribution in [0.1, 0.15) is 91.1 Å². The second-order valence-corrected chi connectivity index (χ2v) is 12.3. The highest BCUT2D eigenvalue weighted by Crippen LogP contribution is 2.61. The Kier molecular flexibility index (Phi) is 5.90. The van der Waals surface area contributed by atoms with Crippen LogP contribution in [0, 0.1) is 0 Å². The lowest BCUT2D eigenvalue weighted by molar-refractivity contribution is 0.0696. The molecule has 7 heteroatoms. The number of rotatable bonds is 5. The predicted molar refractivity (Wildman–Crippen MR) is 138 cm³/mol. The summed E-state index contributed by atoms with van der Waals surface area (Å²) in [6.45, 7) is 0. The minimum Gasteiger partial charge on any atom is -0.490 e. The molecule has 5 aliphatic rings. The van der Waals surface area contributed by atoms with Crippen molar-refractivity contribution in [2.24, 2.45) is 0 Å². The smallest absolute Gasteiger partial charge is 0.335 e. The molecular formula is C29H33ClN2O4. The minimum atomic E-state index is -0.943. The molecule has 0 aromatic heterocycles. The maximum Gasteiger partial charge on any atom is 0.335 e. The summed E-state index contributed by atoms with van der Waals surface area (Å²) >= 11 is 7.18. The van der Waals surface area contributed by atoms with Crippen molar-refractivity contribution in [3.63, 3.8) is 0 Å². The average Bonchev–Trinajstić information content (AvgIpc) is 2.98. The molecule has 2 unspecified atom stereocenters. The number of carbonyl (C=O) groups excluding carboxylic acids is 1. The molecule has 0 radical (unpaired) electrons. The Morgan fingerprint density at radius 1 is 0.889 bits per heavy atom. The molecule has 0 saturated heterocycles. The van der Waals surface area contributed by atoms with E-state index in [9.17, 15) is 9.59 Å². The molecule has 3 saturated carbocycles. The molecule has 4 bridgehead atoms. The molecule has 0 heterocycles. The molecular weight excluding hydrogens is 476 g/mol. The summed E-state index contributed by atoms with van der Waals surface area (Å²) in [6, 6.07) is 15.4. The summed E-state index contributed by atoms with van der Waals surface area (Å²) in [7, 11) is 0. The van der Waals surface area contributed by atoms with E-state index < -0.39 is 5.97 Å². The highest BCUT2D eigenvalue weighted by Gasteiger charge is 2.57. The Morgan fingerprint density at radius 3 is 2.08 bits per heavy atom. The third kappa shape index (κ3) is 4.56. The Hall–Kier alpha value is -2.73. The van der Waals surface area contributed by atoms with E-state index in [1.807, 2.05) is 0 Å². The van der Waals surface area contributed by atoms with Gasteiger partial charge in [-0.3, -0.25) is 0 Å². The van der Waals surface area contributed by atoms with Crippen LogP contribution < -0.4 is 15.4 Å². The second kappa shape index (κ2) is 8.98. The molecule has 3 fully saturated rings. The third-order valence-electron chi connectivity index (χ3n) is 8.82. The minimum absolute atomic E-state index is 0.0723. The number of hydrogen-bond acceptors (Lipinski definition) is 3. The molecule has 2 amide bonds. The van der Waals surface area contributed by atoms with Gasteiger partial charge in [0.25, 0.3) is 0 Å². The lowest BCUT2D eigenvalue weighted by atomic mass is 9.62. The van der Waals surface area contributed by atoms with Crippen LogP contribution in [-0.2, 0) is 0 Å². The first-order valence-electron chi connectivity index (χ1n) is 13.2. The average molecular weight is 509 g/mol. The molecule has 6 nitrogen and oxygen atoms in total. The van der Waals surface area contributed by atoms with Crippen molar-refractivity contribution in [2.75, 3.05) is 0 Å². The zero-order valence-electron chi connectivity index (χ0n) is 20.3. The number of ether oxygens (including phenoxy) is 1. The molecule has 2 aromatic carbocycles. The molecule has 0 aliphatic heterocycles. The first kappa shape index (κ1) is 23.7. The van der Waals surface area contributed by atoms with Gasteiger partial charge in [0.15, 0.2) is 0 Å². The number of nitrogens with one attached hydrogen (secondary N) is 2. The maximum absolute atomic E-state index is 13.2. The van der Waals surface area contributed by atoms with Gasteiger partial charge in [-0.25, -0.2) is 9.59 Å². The molecule has 3 N–H and O–H groups in total. The molecule has 2 atom stereocenters. The number of carboxylic acid groups (broad SMARTS) is 1. The van der Waals surface area contributed by atoms with E-state index in [1.165, 1.54) is 11.1 Å². The van der Waals surface area contributed by atoms with Crippen molar-refractivity contribution in [1.29, 1.82) is 0 Å². The predicted octanol–water partition coefficient (Wildman–Crippen LogP) is 5.95. The molecule has 36 heavy (non-hydrogen) atoms. The van der Waals surface area contributed by atoms with Gasteiger partial charge in [0, 0.05) is 16.5 Å². The lowest BCUT2D eigenvalue weighted by Gasteiger charge is -2.52. The summed E-state index contributed by atoms with van der Waals surface area (Å²) in [4.78, 5) is 24.0. The largest absolute Gasteiger partial charge is 0.490 e. The van der Waals surface area contributed by atoms with Crippen LogP contribution in [0.25, 0.3) is 0 Å². The van der Waals surface area contributed by atoms with Crippen LogP contribution in [0.15, 0.2) is 48.5 Å². The van der Waals surface area contributed by atoms with Crippen molar-refractivity contribution in [2.45, 2.75) is 92.2 Å². The molecule has 190 valence electrons. The summed E-state index contributed by atoms with van der Waals surface area (Å²) in [5.74, 6) is 0.541. The van der Waals surface area contributed by atoms with E-state index in [4.69, 9.17) is 21.4 Å². The fourth-order valence-corrected chi connectivity index (χ4v) is 8.16. The summed E-state index contributed by atoms with van der Waals surface area (Å²) in [6.07, 6.45) is 8.24. The van der Waals surface area contributed by atoms with Crippen molar-refractivity contribution < 1.29 is 19.4 Å². The van der Waals surface area contributed by atoms with Crippen molar-refractivity contribution >= 4 is 23.6 Å². The van der Waals surface area contributed by atoms with E-state index >= 15 is 0 Å². The van der Waals surface area contributed by atoms with E-state index in [2.05, 4.69) is 34.9 Å². The third-order valence-corrected chi connectivity index (χ3v) is 9.26. The molecule has 0 spiro atoms. The number of hydrogen-bond donors (Lipinski definition) is 3. The Morgan fingerprint density at radius 2 is 1.50 bits per heavy atom. The highest BCUT2D eigenvalue weighted by molar-refractivity contribution is 6.24. The number of halogens is 1. The van der Waals surface area contributed by atoms with Gasteiger partial charge in [0.1, 0.15) is 5.75 Å². The van der Waals surface area contributed by atoms with Crippen molar-refractivity contribution in [3.05, 3.63) is 65.2 Å². The number of benzene rings is 2. The monoisotopic (exact) mass is 508 g/mol. The van der Waals surface area contributed by atoms with Gasteiger partial charge in [-0.1, -0.05) is 24.3 Å². The second-order valence-electron chi connectivity index (χ2n) is 11.5. The number of urea groups is 1. The molecule has 7 rings (SSSR count). The van der Waals surface area contributed by atoms with E-state index in [0.29, 0.717) is 17.6 Å². The summed E-state index contributed by atoms with van der Waals surface area (Å²) in [5, 5.41) is 15.7. The van der Waals surface area contributed by atoms with Crippen LogP contribution in [0.4, 0.5) is 4.79 Å². The van der Waals surface area contributed by atoms with E-state index in [-0.39, 0.29) is 34.2 Å². The van der Waals surface area contributed by atoms with Gasteiger partial charge in [-0.05, 0) is 105 Å². The summed E-state index contributed by atoms with van der Waals surface area (Å²) < 4.78 is 6.05. The first-order valence-corrected chi connectivity index (χ1v) is 13.5. The Bertz CT molecular complexity index is 1120. The normalized spacial score (nSPS) is 34.4. The van der Waals surface area contributed by atoms with Crippen LogP contribution >= 0.6 is 11.6 Å². The lowest BCUT2D eigenvalue weighted by Crippen LogP contribution is -2.61. The molecule has 2 aromatic rings. The topological polar surface area (TPSA) is 87.7 Å². The number of amides is 2. The zero-order valence-corrected chi connectivity index (χ0v) is 21.1. The van der Waals surface area contributed by atoms with Gasteiger partial charge >= 0.3 is 12.0 Å². The van der Waals surface area contributed by atoms with E-state index in [0.717, 1.165) is 57.8 Å². The standard InChI is InChI=1S/C29H33ClN2O4/c30-28-13-19-15-29(17-28,16-20(14-28)25-4-2-1-3-24(19)25)32-27(35)31-21-7-11-23(12-8-21)36-22-9-5-18(6-10-22)26(33)34/h1-6,9-10,19-21,23H,7-8,11-17H2,(H,33,34)(H2,31,32,35). The number of alkyl halides is 1. The quantitative estimate of drug-likeness (QED) is 0.435. The van der Waals surface area contributed by atoms with Gasteiger partial charge in [-0.2, -0.15) is 0 Å².